The highest BCUT2D eigenvalue weighted by Crippen LogP contribution is 2.22. The first-order valence-corrected chi connectivity index (χ1v) is 10.5. The van der Waals surface area contributed by atoms with Crippen LogP contribution < -0.4 is 10.1 Å². The summed E-state index contributed by atoms with van der Waals surface area (Å²) in [4.78, 5) is 12.9. The van der Waals surface area contributed by atoms with Gasteiger partial charge in [-0.05, 0) is 37.3 Å². The van der Waals surface area contributed by atoms with Gasteiger partial charge in [-0.3, -0.25) is 4.79 Å². The number of carbonyl (C=O) groups excluding carboxylic acids is 1. The van der Waals surface area contributed by atoms with Crippen LogP contribution in [0.25, 0.3) is 5.69 Å². The largest absolute Gasteiger partial charge is 0.490 e. The molecule has 1 aromatic heterocycles. The van der Waals surface area contributed by atoms with Crippen molar-refractivity contribution < 1.29 is 17.9 Å². The van der Waals surface area contributed by atoms with Gasteiger partial charge in [0.15, 0.2) is 21.3 Å². The molecule has 1 N–H and O–H groups in total. The molecule has 2 aromatic carbocycles. The molecule has 0 unspecified atom stereocenters. The Bertz CT molecular complexity index is 1080. The molecule has 0 atom stereocenters. The van der Waals surface area contributed by atoms with Crippen molar-refractivity contribution in [1.82, 2.24) is 9.78 Å². The molecule has 0 radical (unpaired) electrons. The Balaban J connectivity index is 1.90. The van der Waals surface area contributed by atoms with E-state index in [-0.39, 0.29) is 16.3 Å². The number of sulfone groups is 1. The maximum Gasteiger partial charge on any atom is 0.280 e. The van der Waals surface area contributed by atoms with Crippen LogP contribution in [-0.4, -0.2) is 36.5 Å². The van der Waals surface area contributed by atoms with Gasteiger partial charge in [0.1, 0.15) is 0 Å². The van der Waals surface area contributed by atoms with Crippen LogP contribution in [0.1, 0.15) is 24.3 Å². The SMILES string of the molecule is CCOc1cn(-c2ccccc2)nc1C(=O)Nc1cccc(S(=O)(=O)CC)c1. The van der Waals surface area contributed by atoms with E-state index in [1.807, 2.05) is 37.3 Å². The summed E-state index contributed by atoms with van der Waals surface area (Å²) in [7, 11) is -3.37. The summed E-state index contributed by atoms with van der Waals surface area (Å²) in [6, 6.07) is 15.5. The number of para-hydroxylation sites is 1. The summed E-state index contributed by atoms with van der Waals surface area (Å²) in [6.45, 7) is 3.77. The molecule has 3 aromatic rings. The molecule has 146 valence electrons. The zero-order valence-corrected chi connectivity index (χ0v) is 16.4. The number of nitrogens with one attached hydrogen (secondary N) is 1. The van der Waals surface area contributed by atoms with Crippen LogP contribution in [0.15, 0.2) is 65.7 Å². The third kappa shape index (κ3) is 4.23. The van der Waals surface area contributed by atoms with Gasteiger partial charge in [-0.25, -0.2) is 13.1 Å². The Morgan fingerprint density at radius 2 is 1.86 bits per heavy atom. The van der Waals surface area contributed by atoms with Crippen LogP contribution in [-0.2, 0) is 9.84 Å². The number of carbonyl (C=O) groups is 1. The predicted molar refractivity (Wildman–Crippen MR) is 107 cm³/mol. The van der Waals surface area contributed by atoms with E-state index < -0.39 is 15.7 Å². The molecule has 7 nitrogen and oxygen atoms in total. The smallest absolute Gasteiger partial charge is 0.280 e. The van der Waals surface area contributed by atoms with Crippen molar-refractivity contribution >= 4 is 21.4 Å². The number of benzene rings is 2. The second kappa shape index (κ2) is 8.26. The molecule has 0 saturated carbocycles. The molecule has 3 rings (SSSR count). The van der Waals surface area contributed by atoms with Crippen LogP contribution >= 0.6 is 0 Å². The highest BCUT2D eigenvalue weighted by Gasteiger charge is 2.20. The van der Waals surface area contributed by atoms with Gasteiger partial charge in [-0.15, -0.1) is 0 Å². The van der Waals surface area contributed by atoms with E-state index in [2.05, 4.69) is 10.4 Å². The number of amides is 1. The number of hydrogen-bond acceptors (Lipinski definition) is 5. The maximum atomic E-state index is 12.8. The summed E-state index contributed by atoms with van der Waals surface area (Å²) in [5, 5.41) is 7.04. The minimum atomic E-state index is -3.37. The molecule has 0 bridgehead atoms. The molecular weight excluding hydrogens is 378 g/mol. The molecule has 0 aliphatic heterocycles. The molecule has 0 aliphatic rings. The lowest BCUT2D eigenvalue weighted by atomic mass is 10.3. The van der Waals surface area contributed by atoms with Crippen molar-refractivity contribution in [2.75, 3.05) is 17.7 Å². The minimum absolute atomic E-state index is 0.0135. The van der Waals surface area contributed by atoms with Gasteiger partial charge in [0, 0.05) is 5.69 Å². The number of anilines is 1. The van der Waals surface area contributed by atoms with E-state index in [1.54, 1.807) is 29.9 Å². The van der Waals surface area contributed by atoms with E-state index in [0.717, 1.165) is 5.69 Å². The van der Waals surface area contributed by atoms with Crippen molar-refractivity contribution in [3.63, 3.8) is 0 Å². The van der Waals surface area contributed by atoms with Gasteiger partial charge in [0.2, 0.25) is 0 Å². The summed E-state index contributed by atoms with van der Waals surface area (Å²) in [5.41, 5.74) is 1.28. The van der Waals surface area contributed by atoms with E-state index in [0.29, 0.717) is 18.0 Å². The lowest BCUT2D eigenvalue weighted by Gasteiger charge is -2.07. The van der Waals surface area contributed by atoms with Crippen molar-refractivity contribution in [2.45, 2.75) is 18.7 Å². The Hall–Kier alpha value is -3.13. The molecule has 0 aliphatic carbocycles. The van der Waals surface area contributed by atoms with Crippen LogP contribution in [0.3, 0.4) is 0 Å². The first-order chi connectivity index (χ1) is 13.4. The number of aromatic nitrogens is 2. The number of hydrogen-bond donors (Lipinski definition) is 1. The van der Waals surface area contributed by atoms with Crippen LogP contribution in [0.4, 0.5) is 5.69 Å². The third-order valence-corrected chi connectivity index (χ3v) is 5.78. The summed E-state index contributed by atoms with van der Waals surface area (Å²) in [6.07, 6.45) is 1.64. The Morgan fingerprint density at radius 3 is 2.54 bits per heavy atom. The first-order valence-electron chi connectivity index (χ1n) is 8.86. The van der Waals surface area contributed by atoms with Crippen LogP contribution in [0, 0.1) is 0 Å². The molecule has 0 spiro atoms. The average Bonchev–Trinajstić information content (AvgIpc) is 3.13. The number of rotatable bonds is 7. The quantitative estimate of drug-likeness (QED) is 0.658. The van der Waals surface area contributed by atoms with Gasteiger partial charge in [0.25, 0.3) is 5.91 Å². The first kappa shape index (κ1) is 19.6. The minimum Gasteiger partial charge on any atom is -0.490 e. The van der Waals surface area contributed by atoms with Crippen LogP contribution in [0.5, 0.6) is 5.75 Å². The fourth-order valence-corrected chi connectivity index (χ4v) is 3.54. The predicted octanol–water partition coefficient (Wildman–Crippen LogP) is 3.32. The fourth-order valence-electron chi connectivity index (χ4n) is 2.61. The summed E-state index contributed by atoms with van der Waals surface area (Å²) in [5.74, 6) is -0.147. The van der Waals surface area contributed by atoms with Gasteiger partial charge >= 0.3 is 0 Å². The lowest BCUT2D eigenvalue weighted by Crippen LogP contribution is -2.15. The zero-order valence-electron chi connectivity index (χ0n) is 15.6. The fraction of sp³-hybridized carbons (Fsp3) is 0.200. The zero-order chi connectivity index (χ0) is 20.1. The molecule has 28 heavy (non-hydrogen) atoms. The van der Waals surface area contributed by atoms with Gasteiger partial charge < -0.3 is 10.1 Å². The lowest BCUT2D eigenvalue weighted by molar-refractivity contribution is 0.101. The van der Waals surface area contributed by atoms with Crippen LogP contribution in [0.2, 0.25) is 0 Å². The number of ether oxygens (including phenoxy) is 1. The van der Waals surface area contributed by atoms with Crippen molar-refractivity contribution in [2.24, 2.45) is 0 Å². The highest BCUT2D eigenvalue weighted by molar-refractivity contribution is 7.91. The summed E-state index contributed by atoms with van der Waals surface area (Å²) < 4.78 is 31.2. The van der Waals surface area contributed by atoms with E-state index in [4.69, 9.17) is 4.74 Å². The molecule has 0 fully saturated rings. The van der Waals surface area contributed by atoms with Crippen molar-refractivity contribution in [3.8, 4) is 11.4 Å². The van der Waals surface area contributed by atoms with Gasteiger partial charge in [-0.1, -0.05) is 31.2 Å². The average molecular weight is 399 g/mol. The maximum absolute atomic E-state index is 12.8. The molecule has 1 amide bonds. The van der Waals surface area contributed by atoms with E-state index in [9.17, 15) is 13.2 Å². The standard InChI is InChI=1S/C20H21N3O4S/c1-3-27-18-14-23(16-10-6-5-7-11-16)22-19(18)20(24)21-15-9-8-12-17(13-15)28(25,26)4-2/h5-14H,3-4H2,1-2H3,(H,21,24). The third-order valence-electron chi connectivity index (χ3n) is 4.05. The highest BCUT2D eigenvalue weighted by atomic mass is 32.2. The summed E-state index contributed by atoms with van der Waals surface area (Å²) >= 11 is 0. The normalized spacial score (nSPS) is 11.2. The van der Waals surface area contributed by atoms with Gasteiger partial charge in [0.05, 0.1) is 29.1 Å². The monoisotopic (exact) mass is 399 g/mol. The Morgan fingerprint density at radius 1 is 1.11 bits per heavy atom. The Kier molecular flexibility index (Phi) is 5.79. The second-order valence-electron chi connectivity index (χ2n) is 5.94. The van der Waals surface area contributed by atoms with E-state index >= 15 is 0 Å². The number of nitrogens with zero attached hydrogens (tertiary/aromatic N) is 2. The molecular formula is C20H21N3O4S. The van der Waals surface area contributed by atoms with Crippen molar-refractivity contribution in [1.29, 1.82) is 0 Å². The van der Waals surface area contributed by atoms with Gasteiger partial charge in [-0.2, -0.15) is 5.10 Å². The molecule has 0 saturated heterocycles. The Labute approximate surface area is 163 Å². The van der Waals surface area contributed by atoms with Crippen molar-refractivity contribution in [3.05, 3.63) is 66.5 Å². The topological polar surface area (TPSA) is 90.3 Å². The van der Waals surface area contributed by atoms with E-state index in [1.165, 1.54) is 12.1 Å². The molecule has 8 heteroatoms. The second-order valence-corrected chi connectivity index (χ2v) is 8.22. The molecule has 1 heterocycles.